The zero-order valence-corrected chi connectivity index (χ0v) is 19.7. The lowest BCUT2D eigenvalue weighted by molar-refractivity contribution is -0.130. The van der Waals surface area contributed by atoms with Crippen LogP contribution in [0.25, 0.3) is 11.1 Å². The molecule has 0 radical (unpaired) electrons. The number of pyridine rings is 2. The molecule has 1 aliphatic heterocycles. The van der Waals surface area contributed by atoms with Crippen molar-refractivity contribution in [3.63, 3.8) is 0 Å². The van der Waals surface area contributed by atoms with Gasteiger partial charge < -0.3 is 25.7 Å². The van der Waals surface area contributed by atoms with Crippen LogP contribution in [0.2, 0.25) is 5.02 Å². The third-order valence-corrected chi connectivity index (χ3v) is 6.82. The maximum Gasteiger partial charge on any atom is 0.294 e. The maximum atomic E-state index is 13.2. The number of hydrogen-bond acceptors (Lipinski definition) is 7. The molecule has 0 bridgehead atoms. The molecule has 5 rings (SSSR count). The fraction of sp³-hybridized carbons (Fsp3) is 0.375. The normalized spacial score (nSPS) is 20.3. The number of halogens is 1. The Bertz CT molecular complexity index is 1280. The molecule has 2 aliphatic rings. The third-order valence-electron chi connectivity index (χ3n) is 6.60. The van der Waals surface area contributed by atoms with Gasteiger partial charge in [0.2, 0.25) is 17.6 Å². The Labute approximate surface area is 206 Å². The number of carbonyl (C=O) groups is 3. The molecular weight excluding hydrogens is 472 g/mol. The molecule has 0 aromatic carbocycles. The summed E-state index contributed by atoms with van der Waals surface area (Å²) in [6.07, 6.45) is 5.78. The molecule has 11 heteroatoms. The van der Waals surface area contributed by atoms with E-state index in [1.807, 2.05) is 4.90 Å². The van der Waals surface area contributed by atoms with Gasteiger partial charge in [-0.15, -0.1) is 0 Å². The van der Waals surface area contributed by atoms with E-state index >= 15 is 0 Å². The number of nitrogens with two attached hydrogens (primary N) is 1. The summed E-state index contributed by atoms with van der Waals surface area (Å²) in [7, 11) is 0. The molecule has 1 saturated carbocycles. The van der Waals surface area contributed by atoms with E-state index in [9.17, 15) is 14.4 Å². The lowest BCUT2D eigenvalue weighted by Crippen LogP contribution is -2.40. The second-order valence-corrected chi connectivity index (χ2v) is 9.33. The average molecular weight is 497 g/mol. The van der Waals surface area contributed by atoms with E-state index in [1.54, 1.807) is 24.3 Å². The molecule has 10 nitrogen and oxygen atoms in total. The van der Waals surface area contributed by atoms with E-state index in [0.717, 1.165) is 25.8 Å². The molecule has 1 saturated heterocycles. The van der Waals surface area contributed by atoms with Gasteiger partial charge in [0.25, 0.3) is 5.91 Å². The van der Waals surface area contributed by atoms with Crippen LogP contribution in [0, 0.1) is 5.92 Å². The fourth-order valence-electron chi connectivity index (χ4n) is 4.82. The summed E-state index contributed by atoms with van der Waals surface area (Å²) in [5.41, 5.74) is 6.64. The molecule has 0 spiro atoms. The van der Waals surface area contributed by atoms with Gasteiger partial charge in [-0.05, 0) is 56.4 Å². The lowest BCUT2D eigenvalue weighted by atomic mass is 9.84. The van der Waals surface area contributed by atoms with Crippen molar-refractivity contribution in [2.45, 2.75) is 44.6 Å². The van der Waals surface area contributed by atoms with Crippen molar-refractivity contribution < 1.29 is 18.8 Å². The molecule has 0 unspecified atom stereocenters. The summed E-state index contributed by atoms with van der Waals surface area (Å²) >= 11 is 5.86. The van der Waals surface area contributed by atoms with E-state index in [-0.39, 0.29) is 46.9 Å². The number of anilines is 3. The predicted octanol–water partition coefficient (Wildman–Crippen LogP) is 3.83. The van der Waals surface area contributed by atoms with Gasteiger partial charge in [0.05, 0.1) is 5.02 Å². The summed E-state index contributed by atoms with van der Waals surface area (Å²) in [6.45, 7) is 0.801. The smallest absolute Gasteiger partial charge is 0.294 e. The monoisotopic (exact) mass is 496 g/mol. The summed E-state index contributed by atoms with van der Waals surface area (Å²) in [5.74, 6) is -0.444. The Morgan fingerprint density at radius 1 is 1.11 bits per heavy atom. The predicted molar refractivity (Wildman–Crippen MR) is 131 cm³/mol. The van der Waals surface area contributed by atoms with Crippen molar-refractivity contribution in [1.82, 2.24) is 14.9 Å². The van der Waals surface area contributed by atoms with E-state index in [0.29, 0.717) is 35.4 Å². The Balaban J connectivity index is 1.34. The first-order valence-corrected chi connectivity index (χ1v) is 12.0. The van der Waals surface area contributed by atoms with Crippen LogP contribution in [0.5, 0.6) is 0 Å². The molecule has 4 N–H and O–H groups in total. The molecule has 3 aromatic heterocycles. The van der Waals surface area contributed by atoms with Gasteiger partial charge in [0, 0.05) is 31.1 Å². The number of amides is 3. The van der Waals surface area contributed by atoms with Crippen LogP contribution >= 0.6 is 11.6 Å². The number of hydrogen-bond donors (Lipinski definition) is 3. The van der Waals surface area contributed by atoms with Crippen molar-refractivity contribution in [3.8, 4) is 0 Å². The van der Waals surface area contributed by atoms with Crippen LogP contribution in [0.15, 0.2) is 34.9 Å². The minimum atomic E-state index is -0.594. The number of aromatic nitrogens is 2. The zero-order valence-electron chi connectivity index (χ0n) is 18.9. The molecule has 35 heavy (non-hydrogen) atoms. The largest absolute Gasteiger partial charge is 0.447 e. The Morgan fingerprint density at radius 2 is 1.91 bits per heavy atom. The van der Waals surface area contributed by atoms with Crippen molar-refractivity contribution in [2.24, 2.45) is 5.92 Å². The fourth-order valence-corrected chi connectivity index (χ4v) is 4.93. The highest BCUT2D eigenvalue weighted by Gasteiger charge is 2.34. The van der Waals surface area contributed by atoms with Gasteiger partial charge in [0.1, 0.15) is 22.8 Å². The van der Waals surface area contributed by atoms with E-state index in [1.165, 1.54) is 6.20 Å². The number of carbonyl (C=O) groups excluding carboxylic acids is 3. The first-order chi connectivity index (χ1) is 16.9. The van der Waals surface area contributed by atoms with Crippen LogP contribution < -0.4 is 16.4 Å². The van der Waals surface area contributed by atoms with Gasteiger partial charge in [-0.1, -0.05) is 11.6 Å². The van der Waals surface area contributed by atoms with Crippen LogP contribution in [-0.4, -0.2) is 45.2 Å². The van der Waals surface area contributed by atoms with E-state index < -0.39 is 5.91 Å². The number of fused-ring (bicyclic) bond motifs is 1. The molecule has 3 amide bonds. The number of furan rings is 1. The van der Waals surface area contributed by atoms with Crippen molar-refractivity contribution in [1.29, 1.82) is 0 Å². The molecule has 0 atom stereocenters. The number of likely N-dealkylation sites (tertiary alicyclic amines) is 1. The second-order valence-electron chi connectivity index (χ2n) is 8.89. The molecule has 2 fully saturated rings. The minimum Gasteiger partial charge on any atom is -0.447 e. The first kappa shape index (κ1) is 23.1. The van der Waals surface area contributed by atoms with Gasteiger partial charge in [0.15, 0.2) is 5.58 Å². The number of nitrogens with zero attached hydrogens (tertiary/aromatic N) is 3. The summed E-state index contributed by atoms with van der Waals surface area (Å²) in [4.78, 5) is 48.6. The van der Waals surface area contributed by atoms with Gasteiger partial charge >= 0.3 is 0 Å². The summed E-state index contributed by atoms with van der Waals surface area (Å²) in [6, 6.07) is 6.50. The van der Waals surface area contributed by atoms with Crippen LogP contribution in [0.4, 0.5) is 17.3 Å². The third kappa shape index (κ3) is 4.79. The molecule has 4 heterocycles. The van der Waals surface area contributed by atoms with Crippen LogP contribution in [-0.2, 0) is 9.59 Å². The average Bonchev–Trinajstić information content (AvgIpc) is 3.44. The second kappa shape index (κ2) is 9.53. The molecule has 1 aliphatic carbocycles. The van der Waals surface area contributed by atoms with E-state index in [2.05, 4.69) is 20.6 Å². The van der Waals surface area contributed by atoms with Gasteiger partial charge in [-0.3, -0.25) is 14.4 Å². The highest BCUT2D eigenvalue weighted by molar-refractivity contribution is 6.30. The number of nitrogen functional groups attached to an aromatic ring is 1. The van der Waals surface area contributed by atoms with Crippen molar-refractivity contribution in [2.75, 3.05) is 22.9 Å². The first-order valence-electron chi connectivity index (χ1n) is 11.6. The SMILES string of the molecule is Nc1ccc2oc(C(=O)Nc3ccc(Cl)cn3)c(NC(=O)[C@H]3CC[C@H](N4CCCC4=O)CC3)c2n1. The van der Waals surface area contributed by atoms with Crippen LogP contribution in [0.3, 0.4) is 0 Å². The Kier molecular flexibility index (Phi) is 6.29. The number of rotatable bonds is 5. The molecule has 3 aromatic rings. The lowest BCUT2D eigenvalue weighted by Gasteiger charge is -2.34. The highest BCUT2D eigenvalue weighted by atomic mass is 35.5. The standard InChI is InChI=1S/C24H25ClN6O4/c25-14-5-10-18(27-12-14)29-24(34)22-21(20-16(35-22)8-9-17(26)28-20)30-23(33)13-3-6-15(7-4-13)31-11-1-2-19(31)32/h5,8-10,12-13,15H,1-4,6-7,11H2,(H2,26,28)(H,30,33)(H,27,29,34)/t13-,15-. The van der Waals surface area contributed by atoms with Crippen molar-refractivity contribution >= 4 is 57.7 Å². The minimum absolute atomic E-state index is 0.0976. The maximum absolute atomic E-state index is 13.2. The highest BCUT2D eigenvalue weighted by Crippen LogP contribution is 2.34. The van der Waals surface area contributed by atoms with Gasteiger partial charge in [-0.2, -0.15) is 0 Å². The quantitative estimate of drug-likeness (QED) is 0.487. The van der Waals surface area contributed by atoms with Crippen molar-refractivity contribution in [3.05, 3.63) is 41.2 Å². The number of nitrogens with one attached hydrogen (secondary N) is 2. The molecular formula is C24H25ClN6O4. The topological polar surface area (TPSA) is 143 Å². The molecule has 182 valence electrons. The van der Waals surface area contributed by atoms with E-state index in [4.69, 9.17) is 21.8 Å². The Hall–Kier alpha value is -3.66. The Morgan fingerprint density at radius 3 is 2.60 bits per heavy atom. The van der Waals surface area contributed by atoms with Crippen LogP contribution in [0.1, 0.15) is 49.1 Å². The zero-order chi connectivity index (χ0) is 24.5. The summed E-state index contributed by atoms with van der Waals surface area (Å²) < 4.78 is 5.75. The van der Waals surface area contributed by atoms with Gasteiger partial charge in [-0.25, -0.2) is 9.97 Å². The summed E-state index contributed by atoms with van der Waals surface area (Å²) in [5, 5.41) is 5.94.